The Hall–Kier alpha value is -5.15. The van der Waals surface area contributed by atoms with Gasteiger partial charge in [0, 0.05) is 34.7 Å². The van der Waals surface area contributed by atoms with Gasteiger partial charge in [0.25, 0.3) is 0 Å². The van der Waals surface area contributed by atoms with Crippen LogP contribution in [0.4, 0.5) is 0 Å². The highest BCUT2D eigenvalue weighted by Gasteiger charge is 2.24. The Morgan fingerprint density at radius 2 is 1.47 bits per heavy atom. The first-order chi connectivity index (χ1) is 20.8. The van der Waals surface area contributed by atoms with Crippen LogP contribution in [0.25, 0.3) is 60.6 Å². The van der Waals surface area contributed by atoms with E-state index >= 15 is 0 Å². The lowest BCUT2D eigenvalue weighted by atomic mass is 10.00. The third-order valence-corrected chi connectivity index (χ3v) is 8.13. The Bertz CT molecular complexity index is 2340. The van der Waals surface area contributed by atoms with Crippen LogP contribution in [0.5, 0.6) is 17.2 Å². The van der Waals surface area contributed by atoms with E-state index in [2.05, 4.69) is 33.8 Å². The van der Waals surface area contributed by atoms with Crippen molar-refractivity contribution >= 4 is 53.6 Å². The summed E-state index contributed by atoms with van der Waals surface area (Å²) >= 11 is 0. The molecule has 0 saturated heterocycles. The zero-order chi connectivity index (χ0) is 29.9. The van der Waals surface area contributed by atoms with Crippen molar-refractivity contribution < 1.29 is 22.1 Å². The number of pyridine rings is 1. The largest absolute Gasteiger partial charge is 0.493 e. The fraction of sp³-hybridized carbons (Fsp3) is 0.118. The number of nitrogens with zero attached hydrogens (tertiary/aromatic N) is 3. The summed E-state index contributed by atoms with van der Waals surface area (Å²) in [5.74, 6) is 2.00. The molecule has 0 aliphatic heterocycles. The first kappa shape index (κ1) is 26.7. The number of aryl methyl sites for hydroxylation is 1. The summed E-state index contributed by atoms with van der Waals surface area (Å²) in [5.41, 5.74) is 4.65. The van der Waals surface area contributed by atoms with Crippen molar-refractivity contribution in [2.45, 2.75) is 6.92 Å². The van der Waals surface area contributed by atoms with E-state index in [0.717, 1.165) is 50.1 Å². The van der Waals surface area contributed by atoms with Gasteiger partial charge < -0.3 is 13.7 Å². The Kier molecular flexibility index (Phi) is 6.21. The maximum atomic E-state index is 12.3. The summed E-state index contributed by atoms with van der Waals surface area (Å²) in [4.78, 5) is 9.84. The second kappa shape index (κ2) is 9.99. The SMILES string of the molecule is COc1cc(-n2c(-c3cccc4nccc(OS(C)(=O)=O)c34)nc3c4ccccc4c4ccccc4c32)cc(C)c1OC. The molecule has 8 nitrogen and oxygen atoms in total. The van der Waals surface area contributed by atoms with Crippen LogP contribution in [-0.4, -0.2) is 43.4 Å². The predicted molar refractivity (Wildman–Crippen MR) is 170 cm³/mol. The molecular weight excluding hydrogens is 562 g/mol. The van der Waals surface area contributed by atoms with E-state index in [1.165, 1.54) is 6.20 Å². The number of aromatic nitrogens is 3. The minimum atomic E-state index is -3.82. The number of hydrogen-bond acceptors (Lipinski definition) is 7. The molecule has 9 heteroatoms. The molecule has 0 unspecified atom stereocenters. The molecule has 214 valence electrons. The van der Waals surface area contributed by atoms with Crippen LogP contribution < -0.4 is 13.7 Å². The molecule has 0 spiro atoms. The second-order valence-corrected chi connectivity index (χ2v) is 11.9. The zero-order valence-electron chi connectivity index (χ0n) is 24.0. The van der Waals surface area contributed by atoms with Gasteiger partial charge in [0.15, 0.2) is 17.2 Å². The summed E-state index contributed by atoms with van der Waals surface area (Å²) in [7, 11) is -0.587. The van der Waals surface area contributed by atoms with Crippen LogP contribution >= 0.6 is 0 Å². The maximum absolute atomic E-state index is 12.3. The van der Waals surface area contributed by atoms with Gasteiger partial charge >= 0.3 is 10.1 Å². The van der Waals surface area contributed by atoms with Crippen molar-refractivity contribution in [3.63, 3.8) is 0 Å². The third kappa shape index (κ3) is 4.31. The van der Waals surface area contributed by atoms with Crippen LogP contribution in [0.3, 0.4) is 0 Å². The topological polar surface area (TPSA) is 92.5 Å². The van der Waals surface area contributed by atoms with Crippen LogP contribution in [0.15, 0.2) is 91.1 Å². The van der Waals surface area contributed by atoms with Gasteiger partial charge in [0.2, 0.25) is 0 Å². The molecule has 0 fully saturated rings. The second-order valence-electron chi connectivity index (χ2n) is 10.4. The van der Waals surface area contributed by atoms with Crippen molar-refractivity contribution in [2.24, 2.45) is 0 Å². The fourth-order valence-electron chi connectivity index (χ4n) is 6.00. The van der Waals surface area contributed by atoms with Gasteiger partial charge in [-0.3, -0.25) is 9.55 Å². The highest BCUT2D eigenvalue weighted by atomic mass is 32.2. The van der Waals surface area contributed by atoms with E-state index in [4.69, 9.17) is 18.6 Å². The first-order valence-corrected chi connectivity index (χ1v) is 15.4. The number of benzene rings is 5. The van der Waals surface area contributed by atoms with Crippen LogP contribution in [-0.2, 0) is 10.1 Å². The van der Waals surface area contributed by atoms with Crippen molar-refractivity contribution in [3.8, 4) is 34.3 Å². The van der Waals surface area contributed by atoms with Crippen LogP contribution in [0, 0.1) is 6.92 Å². The quantitative estimate of drug-likeness (QED) is 0.149. The summed E-state index contributed by atoms with van der Waals surface area (Å²) in [6.07, 6.45) is 2.57. The molecule has 2 heterocycles. The van der Waals surface area contributed by atoms with Crippen molar-refractivity contribution in [1.82, 2.24) is 14.5 Å². The smallest absolute Gasteiger partial charge is 0.306 e. The van der Waals surface area contributed by atoms with Gasteiger partial charge in [-0.05, 0) is 35.4 Å². The summed E-state index contributed by atoms with van der Waals surface area (Å²) in [6.45, 7) is 1.97. The predicted octanol–water partition coefficient (Wildman–Crippen LogP) is 7.21. The molecule has 0 bridgehead atoms. The van der Waals surface area contributed by atoms with E-state index in [1.807, 2.05) is 61.5 Å². The summed E-state index contributed by atoms with van der Waals surface area (Å²) < 4.78 is 43.6. The number of imidazole rings is 1. The molecule has 0 radical (unpaired) electrons. The Labute approximate surface area is 248 Å². The van der Waals surface area contributed by atoms with Crippen molar-refractivity contribution in [2.75, 3.05) is 20.5 Å². The Balaban J connectivity index is 1.71. The summed E-state index contributed by atoms with van der Waals surface area (Å²) in [6, 6.07) is 27.6. The number of hydrogen-bond donors (Lipinski definition) is 0. The Morgan fingerprint density at radius 3 is 2.16 bits per heavy atom. The van der Waals surface area contributed by atoms with Gasteiger partial charge in [-0.25, -0.2) is 4.98 Å². The van der Waals surface area contributed by atoms with Crippen molar-refractivity contribution in [1.29, 1.82) is 0 Å². The zero-order valence-corrected chi connectivity index (χ0v) is 24.8. The monoisotopic (exact) mass is 589 g/mol. The molecule has 0 atom stereocenters. The molecule has 0 aliphatic rings. The fourth-order valence-corrected chi connectivity index (χ4v) is 6.46. The molecule has 2 aromatic heterocycles. The Morgan fingerprint density at radius 1 is 0.767 bits per heavy atom. The van der Waals surface area contributed by atoms with Gasteiger partial charge in [-0.2, -0.15) is 8.42 Å². The molecular formula is C34H27N3O5S. The van der Waals surface area contributed by atoms with Crippen LogP contribution in [0.1, 0.15) is 5.56 Å². The van der Waals surface area contributed by atoms with E-state index in [1.54, 1.807) is 20.3 Å². The van der Waals surface area contributed by atoms with Gasteiger partial charge in [-0.15, -0.1) is 0 Å². The normalized spacial score (nSPS) is 11.9. The maximum Gasteiger partial charge on any atom is 0.306 e. The standard InChI is InChI=1S/C34H27N3O5S/c1-20-18-21(19-29(40-2)33(20)41-3)37-32-25-13-8-6-11-23(25)22-10-5-7-12-24(22)31(32)36-34(37)26-14-9-15-27-30(26)28(16-17-35-27)42-43(4,38)39/h5-19H,1-4H3. The first-order valence-electron chi connectivity index (χ1n) is 13.6. The average Bonchev–Trinajstić information content (AvgIpc) is 3.41. The van der Waals surface area contributed by atoms with Crippen molar-refractivity contribution in [3.05, 3.63) is 96.7 Å². The van der Waals surface area contributed by atoms with Crippen LogP contribution in [0.2, 0.25) is 0 Å². The van der Waals surface area contributed by atoms with Gasteiger partial charge in [0.05, 0.1) is 48.1 Å². The minimum Gasteiger partial charge on any atom is -0.493 e. The lowest BCUT2D eigenvalue weighted by molar-refractivity contribution is 0.353. The van der Waals surface area contributed by atoms with E-state index in [0.29, 0.717) is 33.8 Å². The van der Waals surface area contributed by atoms with E-state index in [9.17, 15) is 8.42 Å². The number of fused-ring (bicyclic) bond motifs is 7. The molecule has 5 aromatic carbocycles. The lowest BCUT2D eigenvalue weighted by Crippen LogP contribution is -2.07. The number of methoxy groups -OCH3 is 2. The molecule has 0 amide bonds. The van der Waals surface area contributed by atoms with E-state index in [-0.39, 0.29) is 5.75 Å². The number of rotatable bonds is 6. The molecule has 0 aliphatic carbocycles. The highest BCUT2D eigenvalue weighted by molar-refractivity contribution is 7.86. The van der Waals surface area contributed by atoms with Gasteiger partial charge in [-0.1, -0.05) is 60.7 Å². The lowest BCUT2D eigenvalue weighted by Gasteiger charge is -2.17. The minimum absolute atomic E-state index is 0.180. The summed E-state index contributed by atoms with van der Waals surface area (Å²) in [5, 5.41) is 4.74. The molecule has 7 aromatic rings. The molecule has 43 heavy (non-hydrogen) atoms. The van der Waals surface area contributed by atoms with E-state index < -0.39 is 10.1 Å². The van der Waals surface area contributed by atoms with Gasteiger partial charge in [0.1, 0.15) is 5.82 Å². The molecule has 0 N–H and O–H groups in total. The number of ether oxygens (including phenoxy) is 2. The molecule has 7 rings (SSSR count). The molecule has 0 saturated carbocycles. The third-order valence-electron chi connectivity index (χ3n) is 7.65. The average molecular weight is 590 g/mol. The highest BCUT2D eigenvalue weighted by Crippen LogP contribution is 2.43.